The molecule has 1 aromatic heterocycles. The maximum absolute atomic E-state index is 5.80. The first-order valence-electron chi connectivity index (χ1n) is 9.01. The van der Waals surface area contributed by atoms with Gasteiger partial charge >= 0.3 is 0 Å². The van der Waals surface area contributed by atoms with Crippen molar-refractivity contribution in [2.45, 2.75) is 63.7 Å². The summed E-state index contributed by atoms with van der Waals surface area (Å²) in [5, 5.41) is 4.18. The van der Waals surface area contributed by atoms with Gasteiger partial charge in [0, 0.05) is 16.9 Å². The zero-order valence-electron chi connectivity index (χ0n) is 15.1. The molecule has 0 aliphatic rings. The molecule has 0 radical (unpaired) electrons. The minimum absolute atomic E-state index is 0.798. The van der Waals surface area contributed by atoms with Gasteiger partial charge in [-0.3, -0.25) is 0 Å². The molecule has 0 saturated carbocycles. The molecule has 0 aliphatic carbocycles. The van der Waals surface area contributed by atoms with Crippen LogP contribution in [0.25, 0.3) is 0 Å². The molecule has 0 fully saturated rings. The third kappa shape index (κ3) is 5.59. The van der Waals surface area contributed by atoms with E-state index >= 15 is 0 Å². The second-order valence-electron chi connectivity index (χ2n) is 5.93. The number of unbranched alkanes of at least 4 members (excludes halogenated alkanes) is 3. The fraction of sp³-hybridized carbons (Fsp3) is 0.550. The Morgan fingerprint density at radius 1 is 1.00 bits per heavy atom. The van der Waals surface area contributed by atoms with E-state index < -0.39 is 0 Å². The number of aromatic nitrogens is 1. The molecule has 3 nitrogen and oxygen atoms in total. The van der Waals surface area contributed by atoms with Crippen LogP contribution >= 0.6 is 11.8 Å². The molecule has 1 heterocycles. The van der Waals surface area contributed by atoms with Crippen LogP contribution in [0.5, 0.6) is 5.75 Å². The average molecular weight is 348 g/mol. The topological polar surface area (TPSA) is 35.3 Å². The number of aryl methyl sites for hydroxylation is 2. The lowest BCUT2D eigenvalue weighted by atomic mass is 10.0. The third-order valence-electron chi connectivity index (χ3n) is 4.26. The van der Waals surface area contributed by atoms with Crippen LogP contribution in [0.2, 0.25) is 0 Å². The summed E-state index contributed by atoms with van der Waals surface area (Å²) in [7, 11) is 0. The molecule has 0 bridgehead atoms. The van der Waals surface area contributed by atoms with Gasteiger partial charge in [-0.1, -0.05) is 31.8 Å². The summed E-state index contributed by atoms with van der Waals surface area (Å²) in [5.74, 6) is 2.04. The van der Waals surface area contributed by atoms with Crippen molar-refractivity contribution in [3.8, 4) is 5.75 Å². The minimum Gasteiger partial charge on any atom is -0.494 e. The Hall–Kier alpha value is -1.42. The Morgan fingerprint density at radius 2 is 1.75 bits per heavy atom. The predicted molar refractivity (Wildman–Crippen MR) is 101 cm³/mol. The molecule has 1 aromatic carbocycles. The zero-order valence-corrected chi connectivity index (χ0v) is 16.0. The fourth-order valence-electron chi connectivity index (χ4n) is 2.84. The van der Waals surface area contributed by atoms with Crippen LogP contribution in [0.15, 0.2) is 33.7 Å². The summed E-state index contributed by atoms with van der Waals surface area (Å²) in [5.41, 5.74) is 2.49. The van der Waals surface area contributed by atoms with Crippen molar-refractivity contribution in [1.82, 2.24) is 5.16 Å². The Bertz CT molecular complexity index is 571. The van der Waals surface area contributed by atoms with E-state index in [2.05, 4.69) is 49.5 Å². The van der Waals surface area contributed by atoms with Gasteiger partial charge in [0.05, 0.1) is 12.3 Å². The van der Waals surface area contributed by atoms with Crippen LogP contribution in [0.1, 0.15) is 56.5 Å². The van der Waals surface area contributed by atoms with Gasteiger partial charge in [-0.15, -0.1) is 11.8 Å². The molecule has 24 heavy (non-hydrogen) atoms. The van der Waals surface area contributed by atoms with Gasteiger partial charge in [-0.25, -0.2) is 0 Å². The first-order chi connectivity index (χ1) is 11.8. The van der Waals surface area contributed by atoms with Crippen molar-refractivity contribution in [3.05, 3.63) is 41.3 Å². The van der Waals surface area contributed by atoms with Gasteiger partial charge in [0.15, 0.2) is 0 Å². The Balaban J connectivity index is 1.60. The maximum Gasteiger partial charge on any atom is 0.139 e. The standard InChI is InChI=1S/C20H29NO2S/c1-4-19-18(20(5-2)23-21-19)10-8-6-7-9-15-22-16-11-13-17(24-3)14-12-16/h11-14H,4-10,15H2,1-3H3. The number of hydrogen-bond donors (Lipinski definition) is 0. The van der Waals surface area contributed by atoms with Crippen LogP contribution in [0.3, 0.4) is 0 Å². The largest absolute Gasteiger partial charge is 0.494 e. The quantitative estimate of drug-likeness (QED) is 0.385. The summed E-state index contributed by atoms with van der Waals surface area (Å²) in [6, 6.07) is 8.32. The number of nitrogens with zero attached hydrogens (tertiary/aromatic N) is 1. The van der Waals surface area contributed by atoms with Gasteiger partial charge in [-0.05, 0) is 56.2 Å². The van der Waals surface area contributed by atoms with E-state index in [9.17, 15) is 0 Å². The number of benzene rings is 1. The fourth-order valence-corrected chi connectivity index (χ4v) is 3.25. The predicted octanol–water partition coefficient (Wildman–Crippen LogP) is 5.70. The second-order valence-corrected chi connectivity index (χ2v) is 6.81. The van der Waals surface area contributed by atoms with Crippen LogP contribution in [0.4, 0.5) is 0 Å². The monoisotopic (exact) mass is 347 g/mol. The minimum atomic E-state index is 0.798. The molecular formula is C20H29NO2S. The highest BCUT2D eigenvalue weighted by Gasteiger charge is 2.12. The Kier molecular flexibility index (Phi) is 8.23. The average Bonchev–Trinajstić information content (AvgIpc) is 3.03. The Labute approximate surface area is 150 Å². The number of hydrogen-bond acceptors (Lipinski definition) is 4. The van der Waals surface area contributed by atoms with Gasteiger partial charge in [-0.2, -0.15) is 0 Å². The summed E-state index contributed by atoms with van der Waals surface area (Å²) in [6.07, 6.45) is 9.81. The van der Waals surface area contributed by atoms with E-state index in [-0.39, 0.29) is 0 Å². The molecule has 0 N–H and O–H groups in total. The van der Waals surface area contributed by atoms with Crippen LogP contribution in [0, 0.1) is 0 Å². The van der Waals surface area contributed by atoms with E-state index in [4.69, 9.17) is 9.26 Å². The molecule has 2 aromatic rings. The third-order valence-corrected chi connectivity index (χ3v) is 5.00. The second kappa shape index (κ2) is 10.4. The molecule has 0 spiro atoms. The SMILES string of the molecule is CCc1noc(CC)c1CCCCCCOc1ccc(SC)cc1. The van der Waals surface area contributed by atoms with E-state index in [0.29, 0.717) is 0 Å². The summed E-state index contributed by atoms with van der Waals surface area (Å²) in [6.45, 7) is 5.07. The molecule has 0 saturated heterocycles. The normalized spacial score (nSPS) is 11.0. The summed E-state index contributed by atoms with van der Waals surface area (Å²) in [4.78, 5) is 1.27. The molecule has 4 heteroatoms. The zero-order chi connectivity index (χ0) is 17.2. The van der Waals surface area contributed by atoms with E-state index in [1.54, 1.807) is 11.8 Å². The molecule has 0 atom stereocenters. The lowest BCUT2D eigenvalue weighted by Gasteiger charge is -2.07. The smallest absolute Gasteiger partial charge is 0.139 e. The van der Waals surface area contributed by atoms with Crippen molar-refractivity contribution < 1.29 is 9.26 Å². The van der Waals surface area contributed by atoms with Crippen molar-refractivity contribution >= 4 is 11.8 Å². The van der Waals surface area contributed by atoms with Crippen molar-refractivity contribution in [1.29, 1.82) is 0 Å². The molecule has 2 rings (SSSR count). The molecule has 0 amide bonds. The lowest BCUT2D eigenvalue weighted by molar-refractivity contribution is 0.304. The maximum atomic E-state index is 5.80. The van der Waals surface area contributed by atoms with Gasteiger partial charge in [0.25, 0.3) is 0 Å². The number of rotatable bonds is 11. The van der Waals surface area contributed by atoms with E-state index in [0.717, 1.165) is 49.5 Å². The van der Waals surface area contributed by atoms with Gasteiger partial charge in [0.2, 0.25) is 0 Å². The molecular weight excluding hydrogens is 318 g/mol. The highest BCUT2D eigenvalue weighted by Crippen LogP contribution is 2.20. The highest BCUT2D eigenvalue weighted by atomic mass is 32.2. The lowest BCUT2D eigenvalue weighted by Crippen LogP contribution is -1.98. The first-order valence-corrected chi connectivity index (χ1v) is 10.2. The van der Waals surface area contributed by atoms with E-state index in [1.165, 1.54) is 29.7 Å². The van der Waals surface area contributed by atoms with E-state index in [1.807, 2.05) is 0 Å². The van der Waals surface area contributed by atoms with Crippen LogP contribution < -0.4 is 4.74 Å². The van der Waals surface area contributed by atoms with Gasteiger partial charge in [0.1, 0.15) is 11.5 Å². The molecule has 132 valence electrons. The first kappa shape index (κ1) is 18.9. The Morgan fingerprint density at radius 3 is 2.42 bits per heavy atom. The number of thioether (sulfide) groups is 1. The molecule has 0 unspecified atom stereocenters. The van der Waals surface area contributed by atoms with Crippen molar-refractivity contribution in [3.63, 3.8) is 0 Å². The number of ether oxygens (including phenoxy) is 1. The summed E-state index contributed by atoms with van der Waals surface area (Å²) >= 11 is 1.75. The van der Waals surface area contributed by atoms with Crippen molar-refractivity contribution in [2.24, 2.45) is 0 Å². The summed E-state index contributed by atoms with van der Waals surface area (Å²) < 4.78 is 11.2. The van der Waals surface area contributed by atoms with Crippen LogP contribution in [-0.4, -0.2) is 18.0 Å². The molecule has 0 aliphatic heterocycles. The highest BCUT2D eigenvalue weighted by molar-refractivity contribution is 7.98. The van der Waals surface area contributed by atoms with Crippen molar-refractivity contribution in [2.75, 3.05) is 12.9 Å². The van der Waals surface area contributed by atoms with Gasteiger partial charge < -0.3 is 9.26 Å². The van der Waals surface area contributed by atoms with Crippen LogP contribution in [-0.2, 0) is 19.3 Å².